The molecule has 1 aliphatic rings. The van der Waals surface area contributed by atoms with Gasteiger partial charge in [0.05, 0.1) is 0 Å². The lowest BCUT2D eigenvalue weighted by atomic mass is 10.4. The van der Waals surface area contributed by atoms with E-state index in [0.717, 1.165) is 42.7 Å². The summed E-state index contributed by atoms with van der Waals surface area (Å²) in [5, 5.41) is 3.13. The number of anilines is 2. The average Bonchev–Trinajstić information content (AvgIpc) is 2.29. The van der Waals surface area contributed by atoms with E-state index < -0.39 is 10.8 Å². The van der Waals surface area contributed by atoms with Crippen molar-refractivity contribution in [3.63, 3.8) is 0 Å². The molecular formula is C11H18N4OS. The highest BCUT2D eigenvalue weighted by molar-refractivity contribution is 7.85. The van der Waals surface area contributed by atoms with E-state index in [2.05, 4.69) is 20.2 Å². The molecule has 0 unspecified atom stereocenters. The maximum atomic E-state index is 11.3. The third kappa shape index (κ3) is 3.15. The van der Waals surface area contributed by atoms with Gasteiger partial charge in [0, 0.05) is 53.7 Å². The van der Waals surface area contributed by atoms with Gasteiger partial charge in [-0.25, -0.2) is 4.98 Å². The van der Waals surface area contributed by atoms with E-state index in [1.165, 1.54) is 0 Å². The second-order valence-electron chi connectivity index (χ2n) is 4.06. The molecule has 0 amide bonds. The third-order valence-corrected chi connectivity index (χ3v) is 3.95. The Morgan fingerprint density at radius 2 is 2.12 bits per heavy atom. The largest absolute Gasteiger partial charge is 0.355 e. The maximum absolute atomic E-state index is 11.3. The molecule has 1 aromatic rings. The van der Waals surface area contributed by atoms with Crippen LogP contribution in [0.1, 0.15) is 12.6 Å². The van der Waals surface area contributed by atoms with Crippen LogP contribution in [0.4, 0.5) is 11.8 Å². The lowest BCUT2D eigenvalue weighted by Gasteiger charge is -2.27. The summed E-state index contributed by atoms with van der Waals surface area (Å²) in [7, 11) is -0.649. The van der Waals surface area contributed by atoms with Gasteiger partial charge in [-0.1, -0.05) is 0 Å². The number of aromatic nitrogens is 2. The monoisotopic (exact) mass is 254 g/mol. The van der Waals surface area contributed by atoms with Crippen LogP contribution in [0.15, 0.2) is 6.07 Å². The van der Waals surface area contributed by atoms with Crippen molar-refractivity contribution in [2.75, 3.05) is 41.4 Å². The molecule has 2 rings (SSSR count). The molecule has 0 saturated carbocycles. The summed E-state index contributed by atoms with van der Waals surface area (Å²) in [5.41, 5.74) is 0.956. The molecule has 1 saturated heterocycles. The van der Waals surface area contributed by atoms with Crippen LogP contribution < -0.4 is 10.2 Å². The zero-order valence-corrected chi connectivity index (χ0v) is 11.1. The summed E-state index contributed by atoms with van der Waals surface area (Å²) in [6, 6.07) is 1.98. The van der Waals surface area contributed by atoms with Gasteiger partial charge < -0.3 is 10.2 Å². The van der Waals surface area contributed by atoms with Gasteiger partial charge in [0.1, 0.15) is 5.82 Å². The van der Waals surface area contributed by atoms with Crippen molar-refractivity contribution in [3.8, 4) is 0 Å². The highest BCUT2D eigenvalue weighted by Gasteiger charge is 2.17. The fourth-order valence-electron chi connectivity index (χ4n) is 1.82. The van der Waals surface area contributed by atoms with Gasteiger partial charge >= 0.3 is 0 Å². The molecule has 1 fully saturated rings. The first kappa shape index (κ1) is 12.3. The van der Waals surface area contributed by atoms with E-state index in [1.54, 1.807) is 0 Å². The van der Waals surface area contributed by atoms with Crippen LogP contribution in [0.2, 0.25) is 0 Å². The summed E-state index contributed by atoms with van der Waals surface area (Å²) >= 11 is 0. The Hall–Kier alpha value is -1.17. The quantitative estimate of drug-likeness (QED) is 0.864. The van der Waals surface area contributed by atoms with Gasteiger partial charge in [0.15, 0.2) is 0 Å². The summed E-state index contributed by atoms with van der Waals surface area (Å²) < 4.78 is 11.3. The Bertz CT molecular complexity index is 414. The second-order valence-corrected chi connectivity index (χ2v) is 5.75. The number of nitrogens with zero attached hydrogens (tertiary/aromatic N) is 3. The minimum Gasteiger partial charge on any atom is -0.355 e. The standard InChI is InChI=1S/C11H18N4OS/c1-3-12-11-13-9(2)8-10(14-11)15-4-6-17(16)7-5-15/h8H,3-7H2,1-2H3,(H,12,13,14). The van der Waals surface area contributed by atoms with Crippen LogP contribution in [0, 0.1) is 6.92 Å². The van der Waals surface area contributed by atoms with Crippen molar-refractivity contribution in [3.05, 3.63) is 11.8 Å². The molecular weight excluding hydrogens is 236 g/mol. The summed E-state index contributed by atoms with van der Waals surface area (Å²) in [6.45, 7) is 6.43. The molecule has 0 radical (unpaired) electrons. The SMILES string of the molecule is CCNc1nc(C)cc(N2CCS(=O)CC2)n1. The third-order valence-electron chi connectivity index (χ3n) is 2.68. The molecule has 17 heavy (non-hydrogen) atoms. The average molecular weight is 254 g/mol. The first-order valence-electron chi connectivity index (χ1n) is 5.88. The van der Waals surface area contributed by atoms with Crippen LogP contribution in [-0.4, -0.2) is 45.3 Å². The second kappa shape index (κ2) is 5.44. The number of hydrogen-bond acceptors (Lipinski definition) is 5. The predicted molar refractivity (Wildman–Crippen MR) is 71.0 cm³/mol. The molecule has 94 valence electrons. The molecule has 1 aliphatic heterocycles. The normalized spacial score (nSPS) is 17.2. The van der Waals surface area contributed by atoms with Crippen molar-refractivity contribution in [1.29, 1.82) is 0 Å². The molecule has 0 atom stereocenters. The van der Waals surface area contributed by atoms with Crippen LogP contribution in [0.3, 0.4) is 0 Å². The number of hydrogen-bond donors (Lipinski definition) is 1. The summed E-state index contributed by atoms with van der Waals surface area (Å²) in [5.74, 6) is 3.08. The molecule has 5 nitrogen and oxygen atoms in total. The van der Waals surface area contributed by atoms with Gasteiger partial charge in [0.25, 0.3) is 0 Å². The van der Waals surface area contributed by atoms with Crippen LogP contribution in [0.5, 0.6) is 0 Å². The molecule has 2 heterocycles. The van der Waals surface area contributed by atoms with E-state index >= 15 is 0 Å². The first-order valence-corrected chi connectivity index (χ1v) is 7.37. The Morgan fingerprint density at radius 3 is 2.76 bits per heavy atom. The topological polar surface area (TPSA) is 58.1 Å². The van der Waals surface area contributed by atoms with E-state index in [1.807, 2.05) is 19.9 Å². The Labute approximate surface area is 104 Å². The van der Waals surface area contributed by atoms with Crippen LogP contribution >= 0.6 is 0 Å². The van der Waals surface area contributed by atoms with Crippen molar-refractivity contribution < 1.29 is 4.21 Å². The molecule has 0 aliphatic carbocycles. The highest BCUT2D eigenvalue weighted by Crippen LogP contribution is 2.16. The smallest absolute Gasteiger partial charge is 0.224 e. The maximum Gasteiger partial charge on any atom is 0.224 e. The van der Waals surface area contributed by atoms with E-state index in [4.69, 9.17) is 0 Å². The van der Waals surface area contributed by atoms with E-state index in [0.29, 0.717) is 5.95 Å². The molecule has 0 spiro atoms. The van der Waals surface area contributed by atoms with Crippen LogP contribution in [-0.2, 0) is 10.8 Å². The predicted octanol–water partition coefficient (Wildman–Crippen LogP) is 0.786. The van der Waals surface area contributed by atoms with Crippen molar-refractivity contribution in [2.24, 2.45) is 0 Å². The van der Waals surface area contributed by atoms with Crippen molar-refractivity contribution in [2.45, 2.75) is 13.8 Å². The van der Waals surface area contributed by atoms with Gasteiger partial charge in [0.2, 0.25) is 5.95 Å². The highest BCUT2D eigenvalue weighted by atomic mass is 32.2. The van der Waals surface area contributed by atoms with Gasteiger partial charge in [-0.2, -0.15) is 4.98 Å². The first-order chi connectivity index (χ1) is 8.19. The number of aryl methyl sites for hydroxylation is 1. The molecule has 0 bridgehead atoms. The Kier molecular flexibility index (Phi) is 3.93. The minimum atomic E-state index is -0.649. The summed E-state index contributed by atoms with van der Waals surface area (Å²) in [6.07, 6.45) is 0. The summed E-state index contributed by atoms with van der Waals surface area (Å²) in [4.78, 5) is 11.0. The van der Waals surface area contributed by atoms with Crippen LogP contribution in [0.25, 0.3) is 0 Å². The van der Waals surface area contributed by atoms with Gasteiger partial charge in [-0.05, 0) is 13.8 Å². The molecule has 1 aromatic heterocycles. The lowest BCUT2D eigenvalue weighted by molar-refractivity contribution is 0.672. The Balaban J connectivity index is 2.16. The molecule has 6 heteroatoms. The lowest BCUT2D eigenvalue weighted by Crippen LogP contribution is -2.38. The number of rotatable bonds is 3. The van der Waals surface area contributed by atoms with Crippen molar-refractivity contribution >= 4 is 22.6 Å². The zero-order valence-electron chi connectivity index (χ0n) is 10.3. The van der Waals surface area contributed by atoms with E-state index in [-0.39, 0.29) is 0 Å². The fraction of sp³-hybridized carbons (Fsp3) is 0.636. The molecule has 0 aromatic carbocycles. The minimum absolute atomic E-state index is 0.649. The van der Waals surface area contributed by atoms with Gasteiger partial charge in [-0.3, -0.25) is 4.21 Å². The fourth-order valence-corrected chi connectivity index (χ4v) is 2.87. The number of nitrogens with one attached hydrogen (secondary N) is 1. The van der Waals surface area contributed by atoms with Gasteiger partial charge in [-0.15, -0.1) is 0 Å². The van der Waals surface area contributed by atoms with Crippen molar-refractivity contribution in [1.82, 2.24) is 9.97 Å². The molecule has 1 N–H and O–H groups in total. The Morgan fingerprint density at radius 1 is 1.41 bits per heavy atom. The zero-order chi connectivity index (χ0) is 12.3. The van der Waals surface area contributed by atoms with E-state index in [9.17, 15) is 4.21 Å².